The van der Waals surface area contributed by atoms with E-state index in [2.05, 4.69) is 15.9 Å². The van der Waals surface area contributed by atoms with Gasteiger partial charge in [0.05, 0.1) is 13.2 Å². The molecule has 0 fully saturated rings. The number of unbranched alkanes of at least 4 members (excludes halogenated alkanes) is 2. The molecule has 0 N–H and O–H groups in total. The molecule has 0 spiro atoms. The van der Waals surface area contributed by atoms with Crippen LogP contribution in [0.25, 0.3) is 0 Å². The third kappa shape index (κ3) is 9.45. The molecule has 0 saturated heterocycles. The van der Waals surface area contributed by atoms with Gasteiger partial charge in [-0.05, 0) is 19.3 Å². The van der Waals surface area contributed by atoms with Gasteiger partial charge in [-0.3, -0.25) is 9.59 Å². The number of esters is 2. The van der Waals surface area contributed by atoms with E-state index in [9.17, 15) is 9.59 Å². The Morgan fingerprint density at radius 3 is 2.17 bits per heavy atom. The van der Waals surface area contributed by atoms with E-state index in [1.807, 2.05) is 13.8 Å². The first kappa shape index (κ1) is 17.4. The fourth-order valence-corrected chi connectivity index (χ4v) is 1.53. The number of hydrogen-bond acceptors (Lipinski definition) is 4. The van der Waals surface area contributed by atoms with Crippen LogP contribution < -0.4 is 0 Å². The summed E-state index contributed by atoms with van der Waals surface area (Å²) in [5, 5.41) is 0. The van der Waals surface area contributed by atoms with Crippen molar-refractivity contribution in [2.24, 2.45) is 0 Å². The van der Waals surface area contributed by atoms with Gasteiger partial charge in [-0.15, -0.1) is 0 Å². The van der Waals surface area contributed by atoms with Gasteiger partial charge in [0.15, 0.2) is 0 Å². The SMILES string of the molecule is CCCCOC(=O)CCC(Br)C(=O)OCCCC. The quantitative estimate of drug-likeness (QED) is 0.352. The van der Waals surface area contributed by atoms with Crippen LogP contribution in [0.2, 0.25) is 0 Å². The van der Waals surface area contributed by atoms with Crippen LogP contribution in [-0.2, 0) is 19.1 Å². The molecule has 0 radical (unpaired) electrons. The van der Waals surface area contributed by atoms with Crippen LogP contribution in [0.15, 0.2) is 0 Å². The molecule has 18 heavy (non-hydrogen) atoms. The first-order valence-electron chi connectivity index (χ1n) is 6.58. The number of alkyl halides is 1. The number of carbonyl (C=O) groups excluding carboxylic acids is 2. The lowest BCUT2D eigenvalue weighted by atomic mass is 10.2. The van der Waals surface area contributed by atoms with Crippen molar-refractivity contribution < 1.29 is 19.1 Å². The van der Waals surface area contributed by atoms with Crippen LogP contribution in [0, 0.1) is 0 Å². The molecule has 0 aromatic heterocycles. The van der Waals surface area contributed by atoms with Crippen LogP contribution in [0.4, 0.5) is 0 Å². The molecule has 0 aliphatic rings. The minimum Gasteiger partial charge on any atom is -0.466 e. The lowest BCUT2D eigenvalue weighted by molar-refractivity contribution is -0.145. The van der Waals surface area contributed by atoms with Gasteiger partial charge in [-0.25, -0.2) is 0 Å². The van der Waals surface area contributed by atoms with Crippen LogP contribution in [0.1, 0.15) is 52.4 Å². The van der Waals surface area contributed by atoms with Gasteiger partial charge in [0.25, 0.3) is 0 Å². The van der Waals surface area contributed by atoms with Crippen LogP contribution in [-0.4, -0.2) is 30.0 Å². The maximum absolute atomic E-state index is 11.5. The molecule has 0 heterocycles. The highest BCUT2D eigenvalue weighted by Gasteiger charge is 2.18. The van der Waals surface area contributed by atoms with Gasteiger partial charge in [0, 0.05) is 6.42 Å². The molecule has 0 saturated carbocycles. The Balaban J connectivity index is 3.64. The van der Waals surface area contributed by atoms with Crippen molar-refractivity contribution in [1.82, 2.24) is 0 Å². The highest BCUT2D eigenvalue weighted by molar-refractivity contribution is 9.10. The average molecular weight is 323 g/mol. The minimum absolute atomic E-state index is 0.239. The second-order valence-electron chi connectivity index (χ2n) is 4.10. The van der Waals surface area contributed by atoms with Gasteiger partial charge in [0.1, 0.15) is 4.83 Å². The molecule has 106 valence electrons. The third-order valence-electron chi connectivity index (χ3n) is 2.36. The topological polar surface area (TPSA) is 52.6 Å². The highest BCUT2D eigenvalue weighted by Crippen LogP contribution is 2.11. The summed E-state index contributed by atoms with van der Waals surface area (Å²) in [4.78, 5) is 22.4. The highest BCUT2D eigenvalue weighted by atomic mass is 79.9. The smallest absolute Gasteiger partial charge is 0.319 e. The Kier molecular flexibility index (Phi) is 11.1. The van der Waals surface area contributed by atoms with Gasteiger partial charge >= 0.3 is 11.9 Å². The summed E-state index contributed by atoms with van der Waals surface area (Å²) in [6.45, 7) is 4.97. The summed E-state index contributed by atoms with van der Waals surface area (Å²) in [6, 6.07) is 0. The van der Waals surface area contributed by atoms with E-state index >= 15 is 0 Å². The normalized spacial score (nSPS) is 11.9. The largest absolute Gasteiger partial charge is 0.466 e. The predicted octanol–water partition coefficient (Wildman–Crippen LogP) is 3.22. The molecule has 0 bridgehead atoms. The lowest BCUT2D eigenvalue weighted by Gasteiger charge is -2.09. The minimum atomic E-state index is -0.423. The van der Waals surface area contributed by atoms with Gasteiger partial charge in [-0.2, -0.15) is 0 Å². The fourth-order valence-electron chi connectivity index (χ4n) is 1.17. The Morgan fingerprint density at radius 2 is 1.61 bits per heavy atom. The van der Waals surface area contributed by atoms with Crippen LogP contribution in [0.5, 0.6) is 0 Å². The van der Waals surface area contributed by atoms with Gasteiger partial charge in [-0.1, -0.05) is 42.6 Å². The molecular formula is C13H23BrO4. The standard InChI is InChI=1S/C13H23BrO4/c1-3-5-9-17-12(15)8-7-11(14)13(16)18-10-6-4-2/h11H,3-10H2,1-2H3. The summed E-state index contributed by atoms with van der Waals surface area (Å²) in [5.41, 5.74) is 0. The van der Waals surface area contributed by atoms with Crippen molar-refractivity contribution in [3.05, 3.63) is 0 Å². The van der Waals surface area contributed by atoms with E-state index in [4.69, 9.17) is 9.47 Å². The summed E-state index contributed by atoms with van der Waals surface area (Å²) >= 11 is 3.22. The number of carbonyl (C=O) groups is 2. The van der Waals surface area contributed by atoms with Crippen molar-refractivity contribution in [1.29, 1.82) is 0 Å². The second-order valence-corrected chi connectivity index (χ2v) is 5.21. The Labute approximate surface area is 118 Å². The lowest BCUT2D eigenvalue weighted by Crippen LogP contribution is -2.19. The Morgan fingerprint density at radius 1 is 1.06 bits per heavy atom. The first-order valence-corrected chi connectivity index (χ1v) is 7.49. The number of rotatable bonds is 10. The molecule has 0 aromatic carbocycles. The molecule has 5 heteroatoms. The van der Waals surface area contributed by atoms with Crippen LogP contribution in [0.3, 0.4) is 0 Å². The molecule has 0 aromatic rings. The Hall–Kier alpha value is -0.580. The molecule has 0 rings (SSSR count). The van der Waals surface area contributed by atoms with Crippen molar-refractivity contribution in [3.8, 4) is 0 Å². The third-order valence-corrected chi connectivity index (χ3v) is 3.19. The molecule has 0 amide bonds. The summed E-state index contributed by atoms with van der Waals surface area (Å²) < 4.78 is 10.0. The van der Waals surface area contributed by atoms with E-state index in [-0.39, 0.29) is 18.4 Å². The average Bonchev–Trinajstić information content (AvgIpc) is 2.36. The van der Waals surface area contributed by atoms with E-state index in [1.54, 1.807) is 0 Å². The van der Waals surface area contributed by atoms with Crippen molar-refractivity contribution in [3.63, 3.8) is 0 Å². The summed E-state index contributed by atoms with van der Waals surface area (Å²) in [7, 11) is 0. The van der Waals surface area contributed by atoms with Gasteiger partial charge < -0.3 is 9.47 Å². The zero-order valence-corrected chi connectivity index (χ0v) is 12.8. The molecule has 1 unspecified atom stereocenters. The number of halogens is 1. The Bertz CT molecular complexity index is 243. The van der Waals surface area contributed by atoms with E-state index in [0.29, 0.717) is 19.6 Å². The molecule has 0 aliphatic carbocycles. The first-order chi connectivity index (χ1) is 8.61. The zero-order valence-electron chi connectivity index (χ0n) is 11.2. The molecule has 4 nitrogen and oxygen atoms in total. The van der Waals surface area contributed by atoms with E-state index in [1.165, 1.54) is 0 Å². The monoisotopic (exact) mass is 322 g/mol. The van der Waals surface area contributed by atoms with Crippen molar-refractivity contribution in [2.45, 2.75) is 57.2 Å². The summed E-state index contributed by atoms with van der Waals surface area (Å²) in [6.07, 6.45) is 4.38. The number of ether oxygens (including phenoxy) is 2. The van der Waals surface area contributed by atoms with Gasteiger partial charge in [0.2, 0.25) is 0 Å². The maximum Gasteiger partial charge on any atom is 0.319 e. The molecule has 0 aliphatic heterocycles. The van der Waals surface area contributed by atoms with Crippen molar-refractivity contribution in [2.75, 3.05) is 13.2 Å². The predicted molar refractivity (Wildman–Crippen MR) is 73.7 cm³/mol. The van der Waals surface area contributed by atoms with E-state index in [0.717, 1.165) is 25.7 Å². The van der Waals surface area contributed by atoms with E-state index < -0.39 is 4.83 Å². The molecule has 1 atom stereocenters. The maximum atomic E-state index is 11.5. The van der Waals surface area contributed by atoms with Crippen molar-refractivity contribution >= 4 is 27.9 Å². The fraction of sp³-hybridized carbons (Fsp3) is 0.846. The zero-order chi connectivity index (χ0) is 13.8. The van der Waals surface area contributed by atoms with Crippen LogP contribution >= 0.6 is 15.9 Å². The molecular weight excluding hydrogens is 300 g/mol. The number of hydrogen-bond donors (Lipinski definition) is 0. The summed E-state index contributed by atoms with van der Waals surface area (Å²) in [5.74, 6) is -0.556. The second kappa shape index (κ2) is 11.5.